The van der Waals surface area contributed by atoms with E-state index in [2.05, 4.69) is 140 Å². The Bertz CT molecular complexity index is 2210. The molecule has 1 aliphatic carbocycles. The van der Waals surface area contributed by atoms with Crippen LogP contribution < -0.4 is 5.73 Å². The van der Waals surface area contributed by atoms with E-state index in [1.807, 2.05) is 18.2 Å². The fraction of sp³-hybridized carbons (Fsp3) is 0.0732. The van der Waals surface area contributed by atoms with Gasteiger partial charge in [-0.3, -0.25) is 0 Å². The van der Waals surface area contributed by atoms with E-state index in [0.29, 0.717) is 0 Å². The molecule has 8 rings (SSSR count). The summed E-state index contributed by atoms with van der Waals surface area (Å²) in [6.07, 6.45) is 1.89. The summed E-state index contributed by atoms with van der Waals surface area (Å²) in [6, 6.07) is 46.3. The fourth-order valence-electron chi connectivity index (χ4n) is 6.96. The van der Waals surface area contributed by atoms with E-state index in [9.17, 15) is 0 Å². The largest absolute Gasteiger partial charge is 0.399 e. The first-order valence-corrected chi connectivity index (χ1v) is 14.8. The lowest BCUT2D eigenvalue weighted by Gasteiger charge is -2.22. The van der Waals surface area contributed by atoms with Crippen LogP contribution in [0.4, 0.5) is 5.69 Å². The highest BCUT2D eigenvalue weighted by Gasteiger charge is 2.35. The Morgan fingerprint density at radius 3 is 1.81 bits per heavy atom. The molecule has 7 aromatic rings. The highest BCUT2D eigenvalue weighted by atomic mass is 15.0. The van der Waals surface area contributed by atoms with Crippen LogP contribution in [0.15, 0.2) is 134 Å². The Balaban J connectivity index is 1.23. The highest BCUT2D eigenvalue weighted by Crippen LogP contribution is 2.50. The van der Waals surface area contributed by atoms with Crippen LogP contribution in [-0.2, 0) is 5.41 Å². The molecule has 0 amide bonds. The summed E-state index contributed by atoms with van der Waals surface area (Å²) in [5, 5.41) is 2.52. The second-order valence-electron chi connectivity index (χ2n) is 12.1. The molecule has 0 aliphatic heterocycles. The predicted molar refractivity (Wildman–Crippen MR) is 184 cm³/mol. The van der Waals surface area contributed by atoms with Crippen molar-refractivity contribution in [2.45, 2.75) is 19.3 Å². The first kappa shape index (κ1) is 25.4. The number of nitrogens with two attached hydrogens (primary N) is 1. The predicted octanol–water partition coefficient (Wildman–Crippen LogP) is 10.6. The number of nitrogen functional groups attached to an aromatic ring is 1. The minimum atomic E-state index is -0.109. The molecule has 2 N–H and O–H groups in total. The lowest BCUT2D eigenvalue weighted by molar-refractivity contribution is 0.661. The number of aromatic nitrogens is 1. The number of para-hydroxylation sites is 1. The van der Waals surface area contributed by atoms with Crippen molar-refractivity contribution < 1.29 is 0 Å². The molecule has 2 nitrogen and oxygen atoms in total. The van der Waals surface area contributed by atoms with Crippen LogP contribution in [0.5, 0.6) is 0 Å². The number of hydrogen-bond donors (Lipinski definition) is 1. The third kappa shape index (κ3) is 3.87. The van der Waals surface area contributed by atoms with Crippen molar-refractivity contribution in [3.05, 3.63) is 151 Å². The van der Waals surface area contributed by atoms with Crippen LogP contribution in [0.25, 0.3) is 66.9 Å². The SMILES string of the molecule is C=Cc1ccc(-n2c3ccccc3c3cc(-c4ccc5c(c4)C(C)(C)c4cc(-c6ccc(N)cc6)ccc4-5)ccc32)cc1. The van der Waals surface area contributed by atoms with E-state index < -0.39 is 0 Å². The summed E-state index contributed by atoms with van der Waals surface area (Å²) in [5.74, 6) is 0. The summed E-state index contributed by atoms with van der Waals surface area (Å²) < 4.78 is 2.36. The molecule has 0 saturated carbocycles. The van der Waals surface area contributed by atoms with Crippen LogP contribution in [0.2, 0.25) is 0 Å². The Kier molecular flexibility index (Phi) is 5.51. The minimum absolute atomic E-state index is 0.109. The lowest BCUT2D eigenvalue weighted by Crippen LogP contribution is -2.15. The molecule has 1 aliphatic rings. The second-order valence-corrected chi connectivity index (χ2v) is 12.1. The van der Waals surface area contributed by atoms with Gasteiger partial charge in [0.05, 0.1) is 11.0 Å². The van der Waals surface area contributed by atoms with E-state index in [1.165, 1.54) is 66.3 Å². The quantitative estimate of drug-likeness (QED) is 0.216. The zero-order chi connectivity index (χ0) is 29.3. The van der Waals surface area contributed by atoms with Gasteiger partial charge in [-0.2, -0.15) is 0 Å². The number of nitrogens with zero attached hydrogens (tertiary/aromatic N) is 1. The van der Waals surface area contributed by atoms with Gasteiger partial charge in [-0.25, -0.2) is 0 Å². The van der Waals surface area contributed by atoms with Gasteiger partial charge < -0.3 is 10.3 Å². The van der Waals surface area contributed by atoms with Gasteiger partial charge in [0.1, 0.15) is 0 Å². The molecule has 0 spiro atoms. The Morgan fingerprint density at radius 2 is 1.14 bits per heavy atom. The van der Waals surface area contributed by atoms with Crippen molar-refractivity contribution in [2.75, 3.05) is 5.73 Å². The Labute approximate surface area is 252 Å². The average Bonchev–Trinajstić information content (AvgIpc) is 3.49. The van der Waals surface area contributed by atoms with Gasteiger partial charge in [0.25, 0.3) is 0 Å². The van der Waals surface area contributed by atoms with Gasteiger partial charge in [0, 0.05) is 27.6 Å². The molecule has 0 saturated heterocycles. The van der Waals surface area contributed by atoms with Gasteiger partial charge in [-0.15, -0.1) is 0 Å². The number of anilines is 1. The molecular weight excluding hydrogens is 520 g/mol. The third-order valence-corrected chi connectivity index (χ3v) is 9.31. The van der Waals surface area contributed by atoms with E-state index in [-0.39, 0.29) is 5.41 Å². The summed E-state index contributed by atoms with van der Waals surface area (Å²) in [6.45, 7) is 8.61. The van der Waals surface area contributed by atoms with Crippen LogP contribution in [-0.4, -0.2) is 4.57 Å². The monoisotopic (exact) mass is 552 g/mol. The first-order valence-electron chi connectivity index (χ1n) is 14.8. The van der Waals surface area contributed by atoms with E-state index in [1.54, 1.807) is 0 Å². The van der Waals surface area contributed by atoms with Crippen molar-refractivity contribution in [3.8, 4) is 39.1 Å². The van der Waals surface area contributed by atoms with Gasteiger partial charge in [-0.1, -0.05) is 99.3 Å². The van der Waals surface area contributed by atoms with E-state index in [4.69, 9.17) is 5.73 Å². The molecular formula is C41H32N2. The summed E-state index contributed by atoms with van der Waals surface area (Å²) >= 11 is 0. The molecule has 1 heterocycles. The standard InChI is InChI=1S/C41H32N2/c1-4-26-9-18-32(19-10-26)43-39-8-6-5-7-35(39)36-23-28(15-22-40(36)43)30-14-21-34-33-20-13-29(27-11-16-31(42)17-12-27)24-37(33)41(2,3)38(34)25-30/h4-25H,1,42H2,2-3H3. The molecule has 0 fully saturated rings. The third-order valence-electron chi connectivity index (χ3n) is 9.31. The van der Waals surface area contributed by atoms with Crippen LogP contribution >= 0.6 is 0 Å². The zero-order valence-corrected chi connectivity index (χ0v) is 24.4. The fourth-order valence-corrected chi connectivity index (χ4v) is 6.96. The Hall–Kier alpha value is -5.34. The first-order chi connectivity index (χ1) is 20.9. The van der Waals surface area contributed by atoms with Crippen molar-refractivity contribution in [3.63, 3.8) is 0 Å². The van der Waals surface area contributed by atoms with Gasteiger partial charge in [0.15, 0.2) is 0 Å². The second kappa shape index (κ2) is 9.34. The maximum atomic E-state index is 5.95. The minimum Gasteiger partial charge on any atom is -0.399 e. The number of fused-ring (bicyclic) bond motifs is 6. The van der Waals surface area contributed by atoms with Gasteiger partial charge in [0.2, 0.25) is 0 Å². The molecule has 206 valence electrons. The number of rotatable bonds is 4. The van der Waals surface area contributed by atoms with Crippen LogP contribution in [0.3, 0.4) is 0 Å². The smallest absolute Gasteiger partial charge is 0.0541 e. The average molecular weight is 553 g/mol. The van der Waals surface area contributed by atoms with Gasteiger partial charge >= 0.3 is 0 Å². The highest BCUT2D eigenvalue weighted by molar-refractivity contribution is 6.10. The van der Waals surface area contributed by atoms with Crippen molar-refractivity contribution in [1.82, 2.24) is 4.57 Å². The van der Waals surface area contributed by atoms with E-state index >= 15 is 0 Å². The van der Waals surface area contributed by atoms with E-state index in [0.717, 1.165) is 16.9 Å². The van der Waals surface area contributed by atoms with Crippen molar-refractivity contribution in [2.24, 2.45) is 0 Å². The molecule has 2 heteroatoms. The summed E-state index contributed by atoms with van der Waals surface area (Å²) in [7, 11) is 0. The summed E-state index contributed by atoms with van der Waals surface area (Å²) in [5.41, 5.74) is 21.6. The summed E-state index contributed by atoms with van der Waals surface area (Å²) in [4.78, 5) is 0. The zero-order valence-electron chi connectivity index (χ0n) is 24.4. The molecule has 0 bridgehead atoms. The van der Waals surface area contributed by atoms with Crippen molar-refractivity contribution >= 4 is 33.6 Å². The maximum Gasteiger partial charge on any atom is 0.0541 e. The molecule has 0 atom stereocenters. The van der Waals surface area contributed by atoms with Crippen LogP contribution in [0.1, 0.15) is 30.5 Å². The van der Waals surface area contributed by atoms with Crippen molar-refractivity contribution in [1.29, 1.82) is 0 Å². The molecule has 0 unspecified atom stereocenters. The molecule has 43 heavy (non-hydrogen) atoms. The number of hydrogen-bond acceptors (Lipinski definition) is 1. The molecule has 6 aromatic carbocycles. The number of benzene rings is 6. The normalized spacial score (nSPS) is 13.3. The molecule has 1 aromatic heterocycles. The Morgan fingerprint density at radius 1 is 0.581 bits per heavy atom. The van der Waals surface area contributed by atoms with Crippen LogP contribution in [0, 0.1) is 0 Å². The molecule has 0 radical (unpaired) electrons. The maximum absolute atomic E-state index is 5.95. The topological polar surface area (TPSA) is 30.9 Å². The lowest BCUT2D eigenvalue weighted by atomic mass is 9.81. The van der Waals surface area contributed by atoms with Gasteiger partial charge in [-0.05, 0) is 105 Å².